The lowest BCUT2D eigenvalue weighted by atomic mass is 9.92. The molecule has 7 nitrogen and oxygen atoms in total. The van der Waals surface area contributed by atoms with Gasteiger partial charge in [0.1, 0.15) is 5.54 Å². The first-order valence-corrected chi connectivity index (χ1v) is 11.4. The number of sulfone groups is 1. The number of hydrogen-bond donors (Lipinski definition) is 2. The van der Waals surface area contributed by atoms with Crippen LogP contribution in [-0.2, 0) is 19.4 Å². The standard InChI is InChI=1S/C21H27N3O4S/c1-20(2,3)23-18(25)16-11-15(29(27,28)14-7-5-4-6-8-14)12-17(16)19(26)24-21(13-22)9-10-21/h4-8,15-17H,9-12H2,1-3H3,(H,23,25)(H,24,26). The molecule has 3 atom stereocenters. The fourth-order valence-corrected chi connectivity index (χ4v) is 5.65. The SMILES string of the molecule is CC(C)(C)NC(=O)C1CC(S(=O)(=O)c2ccccc2)CC1C(=O)NC1(C#N)CC1. The molecule has 1 aromatic carbocycles. The molecule has 0 bridgehead atoms. The Labute approximate surface area is 171 Å². The Morgan fingerprint density at radius 3 is 2.10 bits per heavy atom. The predicted molar refractivity (Wildman–Crippen MR) is 107 cm³/mol. The predicted octanol–water partition coefficient (Wildman–Crippen LogP) is 1.94. The highest BCUT2D eigenvalue weighted by Crippen LogP contribution is 2.41. The number of hydrogen-bond acceptors (Lipinski definition) is 5. The summed E-state index contributed by atoms with van der Waals surface area (Å²) in [5, 5.41) is 14.1. The highest BCUT2D eigenvalue weighted by molar-refractivity contribution is 7.92. The van der Waals surface area contributed by atoms with Crippen molar-refractivity contribution in [1.29, 1.82) is 5.26 Å². The monoisotopic (exact) mass is 417 g/mol. The number of carbonyl (C=O) groups is 2. The highest BCUT2D eigenvalue weighted by atomic mass is 32.2. The van der Waals surface area contributed by atoms with Crippen molar-refractivity contribution < 1.29 is 18.0 Å². The third-order valence-corrected chi connectivity index (χ3v) is 7.72. The van der Waals surface area contributed by atoms with E-state index in [1.165, 1.54) is 12.1 Å². The van der Waals surface area contributed by atoms with E-state index >= 15 is 0 Å². The Hall–Kier alpha value is -2.40. The van der Waals surface area contributed by atoms with Gasteiger partial charge in [0, 0.05) is 5.54 Å². The van der Waals surface area contributed by atoms with Crippen molar-refractivity contribution in [3.8, 4) is 6.07 Å². The Morgan fingerprint density at radius 2 is 1.62 bits per heavy atom. The fourth-order valence-electron chi connectivity index (χ4n) is 3.81. The lowest BCUT2D eigenvalue weighted by Crippen LogP contribution is -2.48. The fraction of sp³-hybridized carbons (Fsp3) is 0.571. The van der Waals surface area contributed by atoms with Crippen LogP contribution in [0.25, 0.3) is 0 Å². The summed E-state index contributed by atoms with van der Waals surface area (Å²) in [6.45, 7) is 5.51. The van der Waals surface area contributed by atoms with Crippen LogP contribution in [0.1, 0.15) is 46.5 Å². The Bertz CT molecular complexity index is 940. The lowest BCUT2D eigenvalue weighted by Gasteiger charge is -2.26. The lowest BCUT2D eigenvalue weighted by molar-refractivity contribution is -0.134. The molecule has 2 fully saturated rings. The molecule has 0 radical (unpaired) electrons. The maximum Gasteiger partial charge on any atom is 0.225 e. The van der Waals surface area contributed by atoms with Crippen molar-refractivity contribution in [2.24, 2.45) is 11.8 Å². The molecular formula is C21H27N3O4S. The molecule has 0 spiro atoms. The molecule has 2 N–H and O–H groups in total. The van der Waals surface area contributed by atoms with E-state index in [0.717, 1.165) is 0 Å². The molecule has 8 heteroatoms. The normalized spacial score (nSPS) is 25.7. The number of benzene rings is 1. The largest absolute Gasteiger partial charge is 0.351 e. The number of carbonyl (C=O) groups excluding carboxylic acids is 2. The summed E-state index contributed by atoms with van der Waals surface area (Å²) in [6.07, 6.45) is 1.29. The van der Waals surface area contributed by atoms with Gasteiger partial charge in [-0.2, -0.15) is 5.26 Å². The summed E-state index contributed by atoms with van der Waals surface area (Å²) in [6, 6.07) is 10.2. The van der Waals surface area contributed by atoms with Gasteiger partial charge in [-0.25, -0.2) is 8.42 Å². The molecule has 29 heavy (non-hydrogen) atoms. The van der Waals surface area contributed by atoms with E-state index in [0.29, 0.717) is 12.8 Å². The van der Waals surface area contributed by atoms with Gasteiger partial charge in [-0.05, 0) is 58.6 Å². The summed E-state index contributed by atoms with van der Waals surface area (Å²) in [5.41, 5.74) is -1.36. The maximum absolute atomic E-state index is 13.1. The molecule has 2 aliphatic rings. The van der Waals surface area contributed by atoms with Gasteiger partial charge in [0.05, 0.1) is 28.1 Å². The average molecular weight is 418 g/mol. The molecule has 3 rings (SSSR count). The van der Waals surface area contributed by atoms with Crippen LogP contribution >= 0.6 is 0 Å². The third-order valence-electron chi connectivity index (χ3n) is 5.53. The van der Waals surface area contributed by atoms with Crippen LogP contribution in [0.4, 0.5) is 0 Å². The van der Waals surface area contributed by atoms with Gasteiger partial charge in [-0.1, -0.05) is 18.2 Å². The highest BCUT2D eigenvalue weighted by Gasteiger charge is 2.51. The first kappa shape index (κ1) is 21.3. The molecule has 0 saturated heterocycles. The second-order valence-electron chi connectivity index (χ2n) is 9.09. The minimum atomic E-state index is -3.67. The van der Waals surface area contributed by atoms with Crippen LogP contribution in [0.2, 0.25) is 0 Å². The van der Waals surface area contributed by atoms with E-state index in [1.54, 1.807) is 18.2 Å². The average Bonchev–Trinajstić information content (AvgIpc) is 3.26. The zero-order chi connectivity index (χ0) is 21.4. The zero-order valence-corrected chi connectivity index (χ0v) is 17.8. The van der Waals surface area contributed by atoms with E-state index < -0.39 is 43.9 Å². The molecule has 0 aromatic heterocycles. The van der Waals surface area contributed by atoms with Gasteiger partial charge in [0.15, 0.2) is 9.84 Å². The van der Waals surface area contributed by atoms with Crippen molar-refractivity contribution in [2.45, 2.75) is 67.7 Å². The van der Waals surface area contributed by atoms with Crippen LogP contribution in [0.3, 0.4) is 0 Å². The second-order valence-corrected chi connectivity index (χ2v) is 11.3. The molecular weight excluding hydrogens is 390 g/mol. The Kier molecular flexibility index (Phi) is 5.48. The quantitative estimate of drug-likeness (QED) is 0.759. The molecule has 1 aromatic rings. The smallest absolute Gasteiger partial charge is 0.225 e. The van der Waals surface area contributed by atoms with Crippen LogP contribution in [-0.4, -0.2) is 36.6 Å². The summed E-state index contributed by atoms with van der Waals surface area (Å²) in [4.78, 5) is 26.0. The number of nitrogens with one attached hydrogen (secondary N) is 2. The molecule has 3 unspecified atom stereocenters. The van der Waals surface area contributed by atoms with Crippen LogP contribution in [0.5, 0.6) is 0 Å². The van der Waals surface area contributed by atoms with Crippen LogP contribution in [0, 0.1) is 23.2 Å². The molecule has 2 saturated carbocycles. The topological polar surface area (TPSA) is 116 Å². The Balaban J connectivity index is 1.86. The first-order chi connectivity index (χ1) is 13.5. The van der Waals surface area contributed by atoms with Crippen molar-refractivity contribution >= 4 is 21.7 Å². The zero-order valence-electron chi connectivity index (χ0n) is 16.9. The minimum absolute atomic E-state index is 0.0623. The van der Waals surface area contributed by atoms with Gasteiger partial charge < -0.3 is 10.6 Å². The van der Waals surface area contributed by atoms with Gasteiger partial charge in [0.2, 0.25) is 11.8 Å². The number of nitriles is 1. The first-order valence-electron chi connectivity index (χ1n) is 9.82. The van der Waals surface area contributed by atoms with Gasteiger partial charge in [-0.15, -0.1) is 0 Å². The third kappa shape index (κ3) is 4.61. The molecule has 2 amide bonds. The van der Waals surface area contributed by atoms with Crippen molar-refractivity contribution in [3.63, 3.8) is 0 Å². The van der Waals surface area contributed by atoms with Crippen molar-refractivity contribution in [3.05, 3.63) is 30.3 Å². The van der Waals surface area contributed by atoms with Crippen LogP contribution < -0.4 is 10.6 Å². The number of nitrogens with zero attached hydrogens (tertiary/aromatic N) is 1. The summed E-state index contributed by atoms with van der Waals surface area (Å²) >= 11 is 0. The molecule has 0 heterocycles. The van der Waals surface area contributed by atoms with Gasteiger partial charge in [-0.3, -0.25) is 9.59 Å². The molecule has 0 aliphatic heterocycles. The number of amides is 2. The summed E-state index contributed by atoms with van der Waals surface area (Å²) < 4.78 is 26.2. The van der Waals surface area contributed by atoms with E-state index in [-0.39, 0.29) is 23.6 Å². The molecule has 156 valence electrons. The molecule has 2 aliphatic carbocycles. The summed E-state index contributed by atoms with van der Waals surface area (Å²) in [7, 11) is -3.67. The minimum Gasteiger partial charge on any atom is -0.351 e. The Morgan fingerprint density at radius 1 is 1.07 bits per heavy atom. The van der Waals surface area contributed by atoms with Gasteiger partial charge >= 0.3 is 0 Å². The van der Waals surface area contributed by atoms with Crippen LogP contribution in [0.15, 0.2) is 35.2 Å². The van der Waals surface area contributed by atoms with Crippen molar-refractivity contribution in [2.75, 3.05) is 0 Å². The van der Waals surface area contributed by atoms with Crippen molar-refractivity contribution in [1.82, 2.24) is 10.6 Å². The maximum atomic E-state index is 13.1. The van der Waals surface area contributed by atoms with E-state index in [2.05, 4.69) is 16.7 Å². The summed E-state index contributed by atoms with van der Waals surface area (Å²) in [5.74, 6) is -2.28. The van der Waals surface area contributed by atoms with E-state index in [9.17, 15) is 23.3 Å². The number of rotatable bonds is 5. The second kappa shape index (κ2) is 7.45. The van der Waals surface area contributed by atoms with Gasteiger partial charge in [0.25, 0.3) is 0 Å². The van der Waals surface area contributed by atoms with E-state index in [4.69, 9.17) is 0 Å². The van der Waals surface area contributed by atoms with E-state index in [1.807, 2.05) is 20.8 Å².